The fourth-order valence-corrected chi connectivity index (χ4v) is 4.41. The maximum absolute atomic E-state index is 12.8. The highest BCUT2D eigenvalue weighted by Crippen LogP contribution is 2.26. The van der Waals surface area contributed by atoms with Crippen molar-refractivity contribution in [2.24, 2.45) is 0 Å². The smallest absolute Gasteiger partial charge is 0.252 e. The molecule has 1 aromatic heterocycles. The molecule has 1 unspecified atom stereocenters. The van der Waals surface area contributed by atoms with Crippen LogP contribution in [-0.4, -0.2) is 24.0 Å². The van der Waals surface area contributed by atoms with Crippen LogP contribution >= 0.6 is 23.1 Å². The number of hydrogen-bond donors (Lipinski definition) is 1. The fourth-order valence-electron chi connectivity index (χ4n) is 2.79. The van der Waals surface area contributed by atoms with Crippen molar-refractivity contribution in [2.75, 3.05) is 7.11 Å². The molecule has 0 radical (unpaired) electrons. The molecule has 0 aliphatic heterocycles. The molecule has 1 N–H and O–H groups in total. The average molecular weight is 413 g/mol. The van der Waals surface area contributed by atoms with E-state index in [9.17, 15) is 4.79 Å². The Hall–Kier alpha value is -2.31. The Morgan fingerprint density at radius 2 is 2.00 bits per heavy atom. The van der Waals surface area contributed by atoms with Crippen molar-refractivity contribution in [3.63, 3.8) is 0 Å². The van der Waals surface area contributed by atoms with E-state index in [0.717, 1.165) is 40.5 Å². The first-order valence-corrected chi connectivity index (χ1v) is 11.1. The number of amides is 1. The summed E-state index contributed by atoms with van der Waals surface area (Å²) in [6.45, 7) is 2.05. The van der Waals surface area contributed by atoms with Gasteiger partial charge in [0.15, 0.2) is 0 Å². The van der Waals surface area contributed by atoms with Crippen LogP contribution in [0.3, 0.4) is 0 Å². The number of benzene rings is 2. The molecule has 3 rings (SSSR count). The molecule has 0 saturated heterocycles. The number of aryl methyl sites for hydroxylation is 1. The first-order chi connectivity index (χ1) is 13.7. The van der Waals surface area contributed by atoms with Gasteiger partial charge in [-0.15, -0.1) is 23.1 Å². The van der Waals surface area contributed by atoms with E-state index in [-0.39, 0.29) is 11.9 Å². The summed E-state index contributed by atoms with van der Waals surface area (Å²) in [7, 11) is 1.67. The zero-order valence-electron chi connectivity index (χ0n) is 16.1. The van der Waals surface area contributed by atoms with Gasteiger partial charge < -0.3 is 10.1 Å². The van der Waals surface area contributed by atoms with Gasteiger partial charge in [-0.1, -0.05) is 24.3 Å². The van der Waals surface area contributed by atoms with Crippen molar-refractivity contribution >= 4 is 29.0 Å². The van der Waals surface area contributed by atoms with Crippen molar-refractivity contribution in [3.05, 3.63) is 76.2 Å². The lowest BCUT2D eigenvalue weighted by molar-refractivity contribution is 0.0935. The third-order valence-corrected chi connectivity index (χ3v) is 6.14. The van der Waals surface area contributed by atoms with Gasteiger partial charge in [0.25, 0.3) is 5.91 Å². The van der Waals surface area contributed by atoms with Crippen LogP contribution in [0, 0.1) is 0 Å². The summed E-state index contributed by atoms with van der Waals surface area (Å²) < 4.78 is 5.19. The quantitative estimate of drug-likeness (QED) is 0.491. The number of nitrogens with zero attached hydrogens (tertiary/aromatic N) is 1. The second-order valence-electron chi connectivity index (χ2n) is 6.53. The Bertz CT molecular complexity index is 880. The van der Waals surface area contributed by atoms with Gasteiger partial charge in [-0.3, -0.25) is 4.79 Å². The summed E-state index contributed by atoms with van der Waals surface area (Å²) in [4.78, 5) is 18.1. The molecule has 0 bridgehead atoms. The van der Waals surface area contributed by atoms with Gasteiger partial charge in [-0.2, -0.15) is 0 Å². The van der Waals surface area contributed by atoms with Crippen LogP contribution in [0.25, 0.3) is 0 Å². The van der Waals surface area contributed by atoms with E-state index >= 15 is 0 Å². The van der Waals surface area contributed by atoms with E-state index in [0.29, 0.717) is 0 Å². The molecule has 1 heterocycles. The molecule has 0 saturated carbocycles. The van der Waals surface area contributed by atoms with Crippen molar-refractivity contribution in [1.29, 1.82) is 0 Å². The standard InChI is InChI=1S/C22H24N2O2S2/c1-16(7-8-17-9-11-19(26-2)12-10-17)24-22(25)20-5-3-4-6-21(20)28-14-18-13-27-15-23-18/h3-6,9-13,15-16H,7-8,14H2,1-2H3,(H,24,25). The third-order valence-electron chi connectivity index (χ3n) is 4.39. The number of methoxy groups -OCH3 is 1. The SMILES string of the molecule is COc1ccc(CCC(C)NC(=O)c2ccccc2SCc2cscn2)cc1. The topological polar surface area (TPSA) is 51.2 Å². The molecular weight excluding hydrogens is 388 g/mol. The predicted molar refractivity (Wildman–Crippen MR) is 116 cm³/mol. The molecule has 6 heteroatoms. The van der Waals surface area contributed by atoms with Crippen LogP contribution in [0.15, 0.2) is 64.3 Å². The van der Waals surface area contributed by atoms with E-state index in [2.05, 4.69) is 22.4 Å². The Morgan fingerprint density at radius 3 is 2.71 bits per heavy atom. The number of ether oxygens (including phenoxy) is 1. The van der Waals surface area contributed by atoms with Crippen LogP contribution in [0.1, 0.15) is 35.0 Å². The van der Waals surface area contributed by atoms with E-state index in [1.807, 2.05) is 54.2 Å². The fraction of sp³-hybridized carbons (Fsp3) is 0.273. The molecule has 146 valence electrons. The van der Waals surface area contributed by atoms with E-state index in [1.54, 1.807) is 30.2 Å². The van der Waals surface area contributed by atoms with Crippen LogP contribution in [0.5, 0.6) is 5.75 Å². The van der Waals surface area contributed by atoms with Gasteiger partial charge in [0.1, 0.15) is 5.75 Å². The molecule has 0 fully saturated rings. The summed E-state index contributed by atoms with van der Waals surface area (Å²) in [5.41, 5.74) is 4.83. The van der Waals surface area contributed by atoms with E-state index in [1.165, 1.54) is 5.56 Å². The van der Waals surface area contributed by atoms with Crippen molar-refractivity contribution in [3.8, 4) is 5.75 Å². The summed E-state index contributed by atoms with van der Waals surface area (Å²) >= 11 is 3.23. The highest BCUT2D eigenvalue weighted by Gasteiger charge is 2.14. The minimum Gasteiger partial charge on any atom is -0.497 e. The second-order valence-corrected chi connectivity index (χ2v) is 8.26. The lowest BCUT2D eigenvalue weighted by atomic mass is 10.1. The van der Waals surface area contributed by atoms with Crippen LogP contribution in [0.2, 0.25) is 0 Å². The van der Waals surface area contributed by atoms with Gasteiger partial charge in [0.2, 0.25) is 0 Å². The lowest BCUT2D eigenvalue weighted by Crippen LogP contribution is -2.33. The van der Waals surface area contributed by atoms with Crippen molar-refractivity contribution in [2.45, 2.75) is 36.5 Å². The van der Waals surface area contributed by atoms with Crippen molar-refractivity contribution in [1.82, 2.24) is 10.3 Å². The summed E-state index contributed by atoms with van der Waals surface area (Å²) in [6.07, 6.45) is 1.79. The average Bonchev–Trinajstić information content (AvgIpc) is 3.25. The van der Waals surface area contributed by atoms with Crippen LogP contribution in [0.4, 0.5) is 0 Å². The second kappa shape index (κ2) is 10.3. The van der Waals surface area contributed by atoms with E-state index in [4.69, 9.17) is 4.74 Å². The first-order valence-electron chi connectivity index (χ1n) is 9.18. The predicted octanol–water partition coefficient (Wildman–Crippen LogP) is 5.20. The Morgan fingerprint density at radius 1 is 1.21 bits per heavy atom. The maximum Gasteiger partial charge on any atom is 0.252 e. The Labute approximate surface area is 174 Å². The molecule has 2 aromatic carbocycles. The number of thioether (sulfide) groups is 1. The molecule has 4 nitrogen and oxygen atoms in total. The number of aromatic nitrogens is 1. The minimum absolute atomic E-state index is 0.0244. The maximum atomic E-state index is 12.8. The molecule has 0 aliphatic carbocycles. The minimum atomic E-state index is -0.0244. The van der Waals surface area contributed by atoms with Gasteiger partial charge in [0.05, 0.1) is 23.9 Å². The summed E-state index contributed by atoms with van der Waals surface area (Å²) in [6, 6.07) is 15.9. The molecule has 3 aromatic rings. The third kappa shape index (κ3) is 5.84. The summed E-state index contributed by atoms with van der Waals surface area (Å²) in [5, 5.41) is 5.17. The Kier molecular flexibility index (Phi) is 7.51. The van der Waals surface area contributed by atoms with Crippen LogP contribution in [-0.2, 0) is 12.2 Å². The number of nitrogens with one attached hydrogen (secondary N) is 1. The largest absolute Gasteiger partial charge is 0.497 e. The molecule has 0 aliphatic rings. The number of carbonyl (C=O) groups excluding carboxylic acids is 1. The van der Waals surface area contributed by atoms with Gasteiger partial charge >= 0.3 is 0 Å². The lowest BCUT2D eigenvalue weighted by Gasteiger charge is -2.15. The van der Waals surface area contributed by atoms with Gasteiger partial charge in [-0.05, 0) is 49.6 Å². The zero-order chi connectivity index (χ0) is 19.8. The normalized spacial score (nSPS) is 11.8. The highest BCUT2D eigenvalue weighted by molar-refractivity contribution is 7.98. The number of carbonyl (C=O) groups is 1. The molecule has 28 heavy (non-hydrogen) atoms. The van der Waals surface area contributed by atoms with Crippen LogP contribution < -0.4 is 10.1 Å². The van der Waals surface area contributed by atoms with Gasteiger partial charge in [0, 0.05) is 22.1 Å². The Balaban J connectivity index is 1.54. The molecule has 0 spiro atoms. The number of rotatable bonds is 9. The first kappa shape index (κ1) is 20.4. The monoisotopic (exact) mass is 412 g/mol. The summed E-state index contributed by atoms with van der Waals surface area (Å²) in [5.74, 6) is 1.60. The van der Waals surface area contributed by atoms with Gasteiger partial charge in [-0.25, -0.2) is 4.98 Å². The number of hydrogen-bond acceptors (Lipinski definition) is 5. The van der Waals surface area contributed by atoms with Crippen molar-refractivity contribution < 1.29 is 9.53 Å². The van der Waals surface area contributed by atoms with E-state index < -0.39 is 0 Å². The molecule has 1 atom stereocenters. The molecular formula is C22H24N2O2S2. The zero-order valence-corrected chi connectivity index (χ0v) is 17.7. The number of thiazole rings is 1. The molecule has 1 amide bonds. The highest BCUT2D eigenvalue weighted by atomic mass is 32.2.